The molecule has 0 radical (unpaired) electrons. The van der Waals surface area contributed by atoms with E-state index >= 15 is 0 Å². The van der Waals surface area contributed by atoms with Crippen LogP contribution in [0.5, 0.6) is 23.0 Å². The van der Waals surface area contributed by atoms with E-state index in [-0.39, 0.29) is 11.8 Å². The first-order valence-electron chi connectivity index (χ1n) is 7.99. The van der Waals surface area contributed by atoms with Crippen LogP contribution in [-0.2, 0) is 6.54 Å². The lowest BCUT2D eigenvalue weighted by atomic mass is 10.1. The van der Waals surface area contributed by atoms with Crippen molar-refractivity contribution in [2.75, 3.05) is 20.8 Å². The van der Waals surface area contributed by atoms with E-state index < -0.39 is 0 Å². The summed E-state index contributed by atoms with van der Waals surface area (Å²) >= 11 is 0. The van der Waals surface area contributed by atoms with Crippen LogP contribution < -0.4 is 19.5 Å². The quantitative estimate of drug-likeness (QED) is 0.773. The van der Waals surface area contributed by atoms with E-state index in [4.69, 9.17) is 14.2 Å². The summed E-state index contributed by atoms with van der Waals surface area (Å²) in [5, 5.41) is 13.4. The van der Waals surface area contributed by atoms with Gasteiger partial charge in [0.2, 0.25) is 0 Å². The lowest BCUT2D eigenvalue weighted by molar-refractivity contribution is 0.338. The molecule has 0 amide bonds. The Hall–Kier alpha value is -2.40. The number of aromatic hydroxyl groups is 1. The van der Waals surface area contributed by atoms with Gasteiger partial charge in [0, 0.05) is 23.7 Å². The maximum atomic E-state index is 10.0. The number of methoxy groups -OCH3 is 2. The monoisotopic (exact) mass is 331 g/mol. The minimum Gasteiger partial charge on any atom is -0.508 e. The van der Waals surface area contributed by atoms with Crippen LogP contribution in [0.4, 0.5) is 0 Å². The maximum absolute atomic E-state index is 10.0. The van der Waals surface area contributed by atoms with Gasteiger partial charge in [0.25, 0.3) is 0 Å². The van der Waals surface area contributed by atoms with Gasteiger partial charge in [0.05, 0.1) is 20.8 Å². The van der Waals surface area contributed by atoms with E-state index in [0.717, 1.165) is 28.4 Å². The third kappa shape index (κ3) is 4.32. The molecule has 0 aliphatic heterocycles. The van der Waals surface area contributed by atoms with Crippen LogP contribution in [0.1, 0.15) is 31.0 Å². The van der Waals surface area contributed by atoms with Gasteiger partial charge in [-0.2, -0.15) is 0 Å². The molecular weight excluding hydrogens is 306 g/mol. The summed E-state index contributed by atoms with van der Waals surface area (Å²) in [6.45, 7) is 5.08. The third-order valence-electron chi connectivity index (χ3n) is 3.86. The molecule has 2 rings (SSSR count). The lowest BCUT2D eigenvalue weighted by Crippen LogP contribution is -2.19. The molecule has 2 aromatic rings. The summed E-state index contributed by atoms with van der Waals surface area (Å²) in [6.07, 6.45) is 0. The number of phenolic OH excluding ortho intramolecular Hbond substituents is 1. The zero-order valence-electron chi connectivity index (χ0n) is 14.6. The van der Waals surface area contributed by atoms with Gasteiger partial charge in [0.15, 0.2) is 0 Å². The average molecular weight is 331 g/mol. The van der Waals surface area contributed by atoms with Gasteiger partial charge in [-0.25, -0.2) is 0 Å². The molecule has 0 saturated carbocycles. The number of rotatable bonds is 8. The highest BCUT2D eigenvalue weighted by atomic mass is 16.5. The van der Waals surface area contributed by atoms with Crippen molar-refractivity contribution in [1.29, 1.82) is 0 Å². The van der Waals surface area contributed by atoms with E-state index in [9.17, 15) is 5.11 Å². The second kappa shape index (κ2) is 8.45. The summed E-state index contributed by atoms with van der Waals surface area (Å²) in [5.74, 6) is 2.57. The Balaban J connectivity index is 2.13. The zero-order valence-corrected chi connectivity index (χ0v) is 14.6. The fourth-order valence-corrected chi connectivity index (χ4v) is 2.51. The fourth-order valence-electron chi connectivity index (χ4n) is 2.51. The highest BCUT2D eigenvalue weighted by molar-refractivity contribution is 5.43. The van der Waals surface area contributed by atoms with Gasteiger partial charge >= 0.3 is 0 Å². The van der Waals surface area contributed by atoms with Gasteiger partial charge in [-0.1, -0.05) is 0 Å². The number of benzene rings is 2. The molecule has 0 bridgehead atoms. The molecule has 24 heavy (non-hydrogen) atoms. The maximum Gasteiger partial charge on any atom is 0.123 e. The van der Waals surface area contributed by atoms with E-state index in [1.54, 1.807) is 26.4 Å². The Kier molecular flexibility index (Phi) is 6.32. The fraction of sp³-hybridized carbons (Fsp3) is 0.368. The summed E-state index contributed by atoms with van der Waals surface area (Å²) in [5.41, 5.74) is 1.78. The molecule has 0 spiro atoms. The Morgan fingerprint density at radius 2 is 1.79 bits per heavy atom. The minimum atomic E-state index is 0.0187. The van der Waals surface area contributed by atoms with Crippen LogP contribution in [0.3, 0.4) is 0 Å². The highest BCUT2D eigenvalue weighted by Gasteiger charge is 2.13. The third-order valence-corrected chi connectivity index (χ3v) is 3.86. The molecule has 0 aliphatic rings. The Morgan fingerprint density at radius 1 is 1.04 bits per heavy atom. The number of phenols is 1. The molecule has 0 fully saturated rings. The highest BCUT2D eigenvalue weighted by Crippen LogP contribution is 2.30. The Labute approximate surface area is 143 Å². The Bertz CT molecular complexity index is 672. The molecular formula is C19H25NO4. The van der Waals surface area contributed by atoms with Gasteiger partial charge in [-0.15, -0.1) is 0 Å². The number of hydrogen-bond donors (Lipinski definition) is 2. The smallest absolute Gasteiger partial charge is 0.123 e. The van der Waals surface area contributed by atoms with E-state index in [2.05, 4.69) is 5.32 Å². The second-order valence-corrected chi connectivity index (χ2v) is 5.43. The molecule has 2 aromatic carbocycles. The first-order valence-corrected chi connectivity index (χ1v) is 7.99. The van der Waals surface area contributed by atoms with Crippen molar-refractivity contribution >= 4 is 0 Å². The molecule has 130 valence electrons. The molecule has 0 saturated heterocycles. The normalized spacial score (nSPS) is 11.8. The van der Waals surface area contributed by atoms with Crippen molar-refractivity contribution in [3.05, 3.63) is 47.5 Å². The molecule has 2 N–H and O–H groups in total. The van der Waals surface area contributed by atoms with Gasteiger partial charge in [-0.3, -0.25) is 0 Å². The number of ether oxygens (including phenoxy) is 3. The average Bonchev–Trinajstić information content (AvgIpc) is 2.61. The number of hydrogen-bond acceptors (Lipinski definition) is 5. The SMILES string of the molecule is CCOc1ccc(O)c(CNC(C)c2cc(OC)ccc2OC)c1. The van der Waals surface area contributed by atoms with Gasteiger partial charge in [-0.05, 0) is 50.2 Å². The van der Waals surface area contributed by atoms with Crippen LogP contribution in [0.25, 0.3) is 0 Å². The standard InChI is InChI=1S/C19H25NO4/c1-5-24-16-6-8-18(21)14(10-16)12-20-13(2)17-11-15(22-3)7-9-19(17)23-4/h6-11,13,20-21H,5,12H2,1-4H3. The lowest BCUT2D eigenvalue weighted by Gasteiger charge is -2.19. The summed E-state index contributed by atoms with van der Waals surface area (Å²) in [7, 11) is 3.29. The summed E-state index contributed by atoms with van der Waals surface area (Å²) in [6, 6.07) is 11.0. The molecule has 5 heteroatoms. The molecule has 0 aliphatic carbocycles. The van der Waals surface area contributed by atoms with Crippen molar-refractivity contribution in [3.63, 3.8) is 0 Å². The van der Waals surface area contributed by atoms with Crippen LogP contribution in [0.15, 0.2) is 36.4 Å². The van der Waals surface area contributed by atoms with Crippen LogP contribution >= 0.6 is 0 Å². The topological polar surface area (TPSA) is 60.0 Å². The van der Waals surface area contributed by atoms with Crippen LogP contribution in [0.2, 0.25) is 0 Å². The van der Waals surface area contributed by atoms with E-state index in [1.807, 2.05) is 38.1 Å². The molecule has 0 heterocycles. The van der Waals surface area contributed by atoms with E-state index in [1.165, 1.54) is 0 Å². The number of nitrogens with one attached hydrogen (secondary N) is 1. The van der Waals surface area contributed by atoms with Crippen molar-refractivity contribution in [3.8, 4) is 23.0 Å². The molecule has 1 atom stereocenters. The predicted octanol–water partition coefficient (Wildman–Crippen LogP) is 3.66. The van der Waals surface area contributed by atoms with Gasteiger partial charge in [0.1, 0.15) is 23.0 Å². The van der Waals surface area contributed by atoms with E-state index in [0.29, 0.717) is 13.2 Å². The van der Waals surface area contributed by atoms with Crippen LogP contribution in [-0.4, -0.2) is 25.9 Å². The molecule has 1 unspecified atom stereocenters. The van der Waals surface area contributed by atoms with Crippen molar-refractivity contribution in [1.82, 2.24) is 5.32 Å². The predicted molar refractivity (Wildman–Crippen MR) is 94.1 cm³/mol. The van der Waals surface area contributed by atoms with Crippen LogP contribution in [0, 0.1) is 0 Å². The van der Waals surface area contributed by atoms with Crippen molar-refractivity contribution in [2.24, 2.45) is 0 Å². The molecule has 5 nitrogen and oxygen atoms in total. The minimum absolute atomic E-state index is 0.0187. The summed E-state index contributed by atoms with van der Waals surface area (Å²) in [4.78, 5) is 0. The van der Waals surface area contributed by atoms with Crippen molar-refractivity contribution in [2.45, 2.75) is 26.4 Å². The van der Waals surface area contributed by atoms with Gasteiger partial charge < -0.3 is 24.6 Å². The largest absolute Gasteiger partial charge is 0.508 e. The first kappa shape index (κ1) is 17.9. The summed E-state index contributed by atoms with van der Waals surface area (Å²) < 4.78 is 16.2. The zero-order chi connectivity index (χ0) is 17.5. The first-order chi connectivity index (χ1) is 11.6. The molecule has 0 aromatic heterocycles. The second-order valence-electron chi connectivity index (χ2n) is 5.43. The van der Waals surface area contributed by atoms with Crippen molar-refractivity contribution < 1.29 is 19.3 Å². The Morgan fingerprint density at radius 3 is 2.46 bits per heavy atom.